The van der Waals surface area contributed by atoms with Crippen LogP contribution >= 0.6 is 0 Å². The van der Waals surface area contributed by atoms with Crippen LogP contribution < -0.4 is 5.32 Å². The van der Waals surface area contributed by atoms with Crippen molar-refractivity contribution in [1.29, 1.82) is 0 Å². The summed E-state index contributed by atoms with van der Waals surface area (Å²) in [6, 6.07) is 49.2. The van der Waals surface area contributed by atoms with Gasteiger partial charge < -0.3 is 5.32 Å². The summed E-state index contributed by atoms with van der Waals surface area (Å²) in [5, 5.41) is 3.51. The van der Waals surface area contributed by atoms with Crippen molar-refractivity contribution in [2.45, 2.75) is 0 Å². The van der Waals surface area contributed by atoms with Crippen LogP contribution in [0.4, 0.5) is 17.1 Å². The monoisotopic (exact) mass is 463 g/mol. The van der Waals surface area contributed by atoms with E-state index < -0.39 is 0 Å². The van der Waals surface area contributed by atoms with Crippen LogP contribution in [0.15, 0.2) is 140 Å². The van der Waals surface area contributed by atoms with Crippen LogP contribution in [0.25, 0.3) is 11.1 Å². The van der Waals surface area contributed by atoms with Crippen LogP contribution in [0.5, 0.6) is 0 Å². The highest BCUT2D eigenvalue weighted by molar-refractivity contribution is 6.38. The Hall–Kier alpha value is -4.69. The third-order valence-corrected chi connectivity index (χ3v) is 6.70. The fourth-order valence-electron chi connectivity index (χ4n) is 5.05. The molecule has 2 nitrogen and oxygen atoms in total. The lowest BCUT2D eigenvalue weighted by atomic mass is 9.86. The maximum atomic E-state index is 3.51. The van der Waals surface area contributed by atoms with E-state index in [1.807, 2.05) is 18.2 Å². The third kappa shape index (κ3) is 4.03. The van der Waals surface area contributed by atoms with E-state index in [1.54, 1.807) is 0 Å². The van der Waals surface area contributed by atoms with E-state index in [1.165, 1.54) is 44.8 Å². The molecule has 0 saturated heterocycles. The van der Waals surface area contributed by atoms with Gasteiger partial charge in [0.2, 0.25) is 11.4 Å². The summed E-state index contributed by atoms with van der Waals surface area (Å²) >= 11 is 0. The van der Waals surface area contributed by atoms with Crippen LogP contribution in [0.3, 0.4) is 0 Å². The van der Waals surface area contributed by atoms with Crippen molar-refractivity contribution < 1.29 is 4.58 Å². The summed E-state index contributed by atoms with van der Waals surface area (Å²) < 4.78 is 2.33. The lowest BCUT2D eigenvalue weighted by Gasteiger charge is -2.15. The Morgan fingerprint density at radius 1 is 0.528 bits per heavy atom. The van der Waals surface area contributed by atoms with Gasteiger partial charge in [-0.1, -0.05) is 91.0 Å². The Balaban J connectivity index is 1.57. The molecule has 5 aromatic carbocycles. The highest BCUT2D eigenvalue weighted by Gasteiger charge is 2.36. The number of fused-ring (bicyclic) bond motifs is 1. The summed E-state index contributed by atoms with van der Waals surface area (Å²) in [5.41, 5.74) is 11.9. The predicted molar refractivity (Wildman–Crippen MR) is 151 cm³/mol. The largest absolute Gasteiger partial charge is 0.356 e. The normalized spacial score (nSPS) is 13.9. The van der Waals surface area contributed by atoms with Gasteiger partial charge in [0, 0.05) is 28.6 Å². The number of anilines is 2. The first kappa shape index (κ1) is 21.8. The van der Waals surface area contributed by atoms with Gasteiger partial charge in [0.1, 0.15) is 7.05 Å². The van der Waals surface area contributed by atoms with Gasteiger partial charge in [-0.2, -0.15) is 4.58 Å². The van der Waals surface area contributed by atoms with Crippen LogP contribution in [-0.2, 0) is 0 Å². The zero-order valence-electron chi connectivity index (χ0n) is 20.2. The van der Waals surface area contributed by atoms with Crippen molar-refractivity contribution in [3.63, 3.8) is 0 Å². The first-order chi connectivity index (χ1) is 17.8. The minimum absolute atomic E-state index is 1.07. The molecular weight excluding hydrogens is 436 g/mol. The van der Waals surface area contributed by atoms with E-state index >= 15 is 0 Å². The summed E-state index contributed by atoms with van der Waals surface area (Å²) in [7, 11) is 2.17. The van der Waals surface area contributed by atoms with E-state index in [-0.39, 0.29) is 0 Å². The summed E-state index contributed by atoms with van der Waals surface area (Å²) in [6.45, 7) is 0. The topological polar surface area (TPSA) is 15.0 Å². The highest BCUT2D eigenvalue weighted by atomic mass is 15.0. The highest BCUT2D eigenvalue weighted by Crippen LogP contribution is 2.42. The maximum absolute atomic E-state index is 3.51. The second kappa shape index (κ2) is 9.52. The molecule has 5 aromatic rings. The molecule has 0 unspecified atom stereocenters. The van der Waals surface area contributed by atoms with Gasteiger partial charge in [-0.15, -0.1) is 0 Å². The SMILES string of the molecule is C[N+]1=C(c2ccccc2)C(=C(c2ccccc2)c2ccc(Nc3ccccc3)cc2)c2ccccc21. The molecule has 0 radical (unpaired) electrons. The molecule has 0 atom stereocenters. The lowest BCUT2D eigenvalue weighted by Crippen LogP contribution is -2.11. The molecule has 1 N–H and O–H groups in total. The van der Waals surface area contributed by atoms with Gasteiger partial charge in [-0.3, -0.25) is 0 Å². The fraction of sp³-hybridized carbons (Fsp3) is 0.0294. The Bertz CT molecular complexity index is 1560. The number of benzene rings is 5. The zero-order valence-corrected chi connectivity index (χ0v) is 20.2. The van der Waals surface area contributed by atoms with Crippen molar-refractivity contribution in [2.24, 2.45) is 0 Å². The number of hydrogen-bond donors (Lipinski definition) is 1. The standard InChI is InChI=1S/C34H26N2/c1-36-31-20-12-11-19-30(31)33(34(36)27-15-7-3-8-16-27)32(25-13-5-2-6-14-25)26-21-23-29(24-22-26)35-28-17-9-4-10-18-28/h2-24H,1H3/p+1. The summed E-state index contributed by atoms with van der Waals surface area (Å²) in [6.07, 6.45) is 0. The van der Waals surface area contributed by atoms with Gasteiger partial charge in [0.25, 0.3) is 0 Å². The smallest absolute Gasteiger partial charge is 0.221 e. The Kier molecular flexibility index (Phi) is 5.77. The quantitative estimate of drug-likeness (QED) is 0.260. The van der Waals surface area contributed by atoms with Crippen molar-refractivity contribution in [3.05, 3.63) is 162 Å². The van der Waals surface area contributed by atoms with Crippen LogP contribution in [0, 0.1) is 0 Å². The Labute approximate surface area is 212 Å². The predicted octanol–water partition coefficient (Wildman–Crippen LogP) is 8.17. The van der Waals surface area contributed by atoms with Crippen molar-refractivity contribution in [3.8, 4) is 0 Å². The molecule has 0 aliphatic carbocycles. The van der Waals surface area contributed by atoms with Gasteiger partial charge in [0.05, 0.1) is 11.1 Å². The van der Waals surface area contributed by atoms with Gasteiger partial charge >= 0.3 is 0 Å². The van der Waals surface area contributed by atoms with Crippen LogP contribution in [0.2, 0.25) is 0 Å². The van der Waals surface area contributed by atoms with Crippen LogP contribution in [0.1, 0.15) is 22.3 Å². The van der Waals surface area contributed by atoms with E-state index in [2.05, 4.69) is 138 Å². The van der Waals surface area contributed by atoms with Gasteiger partial charge in [-0.25, -0.2) is 0 Å². The number of hydrogen-bond acceptors (Lipinski definition) is 1. The summed E-state index contributed by atoms with van der Waals surface area (Å²) in [4.78, 5) is 0. The van der Waals surface area contributed by atoms with Crippen molar-refractivity contribution in [1.82, 2.24) is 0 Å². The minimum Gasteiger partial charge on any atom is -0.356 e. The molecular formula is C34H27N2+. The number of nitrogens with one attached hydrogen (secondary N) is 1. The second-order valence-corrected chi connectivity index (χ2v) is 8.98. The number of para-hydroxylation sites is 2. The van der Waals surface area contributed by atoms with E-state index in [0.29, 0.717) is 0 Å². The molecule has 0 spiro atoms. The number of allylic oxidation sites excluding steroid dienone is 1. The molecule has 0 saturated carbocycles. The molecule has 1 aliphatic rings. The molecule has 36 heavy (non-hydrogen) atoms. The van der Waals surface area contributed by atoms with Crippen LogP contribution in [-0.4, -0.2) is 17.3 Å². The average molecular weight is 464 g/mol. The average Bonchev–Trinajstić information content (AvgIpc) is 3.23. The van der Waals surface area contributed by atoms with Gasteiger partial charge in [0.15, 0.2) is 0 Å². The summed E-state index contributed by atoms with van der Waals surface area (Å²) in [5.74, 6) is 0. The molecule has 0 aromatic heterocycles. The Morgan fingerprint density at radius 2 is 1.06 bits per heavy atom. The second-order valence-electron chi connectivity index (χ2n) is 8.98. The minimum atomic E-state index is 1.07. The molecule has 2 heteroatoms. The van der Waals surface area contributed by atoms with Gasteiger partial charge in [-0.05, 0) is 53.6 Å². The molecule has 0 bridgehead atoms. The first-order valence-corrected chi connectivity index (χ1v) is 12.3. The maximum Gasteiger partial charge on any atom is 0.221 e. The molecule has 0 amide bonds. The van der Waals surface area contributed by atoms with E-state index in [0.717, 1.165) is 11.4 Å². The van der Waals surface area contributed by atoms with Crippen molar-refractivity contribution >= 4 is 33.9 Å². The van der Waals surface area contributed by atoms with E-state index in [9.17, 15) is 0 Å². The molecule has 1 aliphatic heterocycles. The molecule has 0 fully saturated rings. The lowest BCUT2D eigenvalue weighted by molar-refractivity contribution is -0.400. The fourth-order valence-corrected chi connectivity index (χ4v) is 5.05. The molecule has 172 valence electrons. The van der Waals surface area contributed by atoms with E-state index in [4.69, 9.17) is 0 Å². The van der Waals surface area contributed by atoms with Crippen molar-refractivity contribution in [2.75, 3.05) is 12.4 Å². The molecule has 1 heterocycles. The third-order valence-electron chi connectivity index (χ3n) is 6.70. The Morgan fingerprint density at radius 3 is 1.75 bits per heavy atom. The molecule has 6 rings (SSSR count). The number of rotatable bonds is 5. The first-order valence-electron chi connectivity index (χ1n) is 12.3. The zero-order chi connectivity index (χ0) is 24.3. The number of nitrogens with zero attached hydrogens (tertiary/aromatic N) is 1.